The summed E-state index contributed by atoms with van der Waals surface area (Å²) >= 11 is 0. The first-order chi connectivity index (χ1) is 8.08. The number of ether oxygens (including phenoxy) is 1. The van der Waals surface area contributed by atoms with Crippen LogP contribution >= 0.6 is 0 Å². The molecule has 0 amide bonds. The van der Waals surface area contributed by atoms with Gasteiger partial charge in [-0.2, -0.15) is 0 Å². The van der Waals surface area contributed by atoms with Crippen LogP contribution in [0.4, 0.5) is 8.78 Å². The molecule has 2 nitrogen and oxygen atoms in total. The number of alkyl halides is 1. The largest absolute Gasteiger partial charge is 0.454 e. The van der Waals surface area contributed by atoms with Gasteiger partial charge in [0, 0.05) is 5.56 Å². The van der Waals surface area contributed by atoms with Crippen LogP contribution in [0.15, 0.2) is 18.2 Å². The Bertz CT molecular complexity index is 429. The van der Waals surface area contributed by atoms with E-state index in [4.69, 9.17) is 4.74 Å². The van der Waals surface area contributed by atoms with E-state index in [9.17, 15) is 13.6 Å². The molecule has 0 saturated heterocycles. The molecule has 0 aliphatic carbocycles. The number of halogens is 2. The van der Waals surface area contributed by atoms with Crippen molar-refractivity contribution in [2.45, 2.75) is 38.5 Å². The fraction of sp³-hybridized carbons (Fsp3) is 0.462. The second-order valence-corrected chi connectivity index (χ2v) is 4.34. The van der Waals surface area contributed by atoms with Crippen molar-refractivity contribution in [1.82, 2.24) is 0 Å². The lowest BCUT2D eigenvalue weighted by molar-refractivity contribution is 0.0360. The van der Waals surface area contributed by atoms with Crippen LogP contribution in [0.5, 0.6) is 0 Å². The highest BCUT2D eigenvalue weighted by atomic mass is 19.1. The summed E-state index contributed by atoms with van der Waals surface area (Å²) in [7, 11) is 0. The first kappa shape index (κ1) is 12.0. The zero-order valence-electron chi connectivity index (χ0n) is 9.58. The average Bonchev–Trinajstić information content (AvgIpc) is 2.55. The number of fused-ring (bicyclic) bond motifs is 1. The van der Waals surface area contributed by atoms with Crippen LogP contribution in [0, 0.1) is 5.82 Å². The van der Waals surface area contributed by atoms with E-state index in [2.05, 4.69) is 0 Å². The molecule has 1 aliphatic rings. The van der Waals surface area contributed by atoms with Gasteiger partial charge in [-0.15, -0.1) is 0 Å². The predicted octanol–water partition coefficient (Wildman–Crippen LogP) is 3.57. The number of carbonyl (C=O) groups is 1. The summed E-state index contributed by atoms with van der Waals surface area (Å²) in [5.74, 6) is -0.934. The molecule has 2 atom stereocenters. The smallest absolute Gasteiger partial charge is 0.339 e. The Kier molecular flexibility index (Phi) is 3.41. The molecule has 92 valence electrons. The summed E-state index contributed by atoms with van der Waals surface area (Å²) in [6, 6.07) is 4.07. The number of carbonyl (C=O) groups excluding carboxylic acids is 1. The molecule has 0 aromatic heterocycles. The summed E-state index contributed by atoms with van der Waals surface area (Å²) < 4.78 is 30.7. The van der Waals surface area contributed by atoms with E-state index in [1.165, 1.54) is 19.1 Å². The normalized spacial score (nSPS) is 19.9. The second-order valence-electron chi connectivity index (χ2n) is 4.34. The van der Waals surface area contributed by atoms with Crippen molar-refractivity contribution in [2.75, 3.05) is 0 Å². The lowest BCUT2D eigenvalue weighted by atomic mass is 10.0. The Labute approximate surface area is 98.6 Å². The molecule has 0 spiro atoms. The molecule has 2 rings (SSSR count). The van der Waals surface area contributed by atoms with E-state index in [-0.39, 0.29) is 6.10 Å². The van der Waals surface area contributed by atoms with E-state index in [1.54, 1.807) is 6.07 Å². The fourth-order valence-electron chi connectivity index (χ4n) is 2.04. The molecule has 1 aromatic rings. The van der Waals surface area contributed by atoms with Gasteiger partial charge >= 0.3 is 5.97 Å². The highest BCUT2D eigenvalue weighted by molar-refractivity contribution is 5.94. The van der Waals surface area contributed by atoms with Crippen LogP contribution in [0.1, 0.15) is 48.2 Å². The minimum atomic E-state index is -0.847. The topological polar surface area (TPSA) is 26.3 Å². The van der Waals surface area contributed by atoms with Crippen molar-refractivity contribution < 1.29 is 18.3 Å². The van der Waals surface area contributed by atoms with Gasteiger partial charge in [-0.25, -0.2) is 13.6 Å². The SMILES string of the molecule is CC(F)CCCC1OC(=O)c2cc(F)ccc21. The van der Waals surface area contributed by atoms with Gasteiger partial charge in [0.15, 0.2) is 0 Å². The van der Waals surface area contributed by atoms with Crippen LogP contribution in [0.25, 0.3) is 0 Å². The Hall–Kier alpha value is -1.45. The van der Waals surface area contributed by atoms with Gasteiger partial charge in [-0.3, -0.25) is 0 Å². The molecule has 0 fully saturated rings. The monoisotopic (exact) mass is 240 g/mol. The van der Waals surface area contributed by atoms with Gasteiger partial charge in [-0.05, 0) is 38.3 Å². The molecule has 0 N–H and O–H groups in total. The number of cyclic esters (lactones) is 1. The quantitative estimate of drug-likeness (QED) is 0.752. The van der Waals surface area contributed by atoms with Crippen LogP contribution in [-0.4, -0.2) is 12.1 Å². The van der Waals surface area contributed by atoms with E-state index >= 15 is 0 Å². The molecule has 2 unspecified atom stereocenters. The minimum Gasteiger partial charge on any atom is -0.454 e. The molecule has 1 heterocycles. The third-order valence-corrected chi connectivity index (χ3v) is 2.90. The third-order valence-electron chi connectivity index (χ3n) is 2.90. The lowest BCUT2D eigenvalue weighted by Gasteiger charge is -2.10. The third kappa shape index (κ3) is 2.62. The standard InChI is InChI=1S/C13H14F2O2/c1-8(14)3-2-4-12-10-6-5-9(15)7-11(10)13(16)17-12/h5-8,12H,2-4H2,1H3. The summed E-state index contributed by atoms with van der Waals surface area (Å²) in [6.07, 6.45) is 0.479. The molecule has 4 heteroatoms. The van der Waals surface area contributed by atoms with Gasteiger partial charge in [0.05, 0.1) is 11.7 Å². The van der Waals surface area contributed by atoms with Gasteiger partial charge in [0.1, 0.15) is 11.9 Å². The molecule has 17 heavy (non-hydrogen) atoms. The van der Waals surface area contributed by atoms with E-state index in [0.29, 0.717) is 30.4 Å². The number of benzene rings is 1. The van der Waals surface area contributed by atoms with Crippen molar-refractivity contribution in [3.8, 4) is 0 Å². The number of hydrogen-bond donors (Lipinski definition) is 0. The fourth-order valence-corrected chi connectivity index (χ4v) is 2.04. The van der Waals surface area contributed by atoms with Gasteiger partial charge in [0.25, 0.3) is 0 Å². The molecule has 1 aromatic carbocycles. The Morgan fingerprint density at radius 2 is 2.24 bits per heavy atom. The molecular weight excluding hydrogens is 226 g/mol. The second kappa shape index (κ2) is 4.82. The van der Waals surface area contributed by atoms with E-state index < -0.39 is 18.0 Å². The van der Waals surface area contributed by atoms with Crippen LogP contribution in [-0.2, 0) is 4.74 Å². The zero-order chi connectivity index (χ0) is 12.4. The highest BCUT2D eigenvalue weighted by Crippen LogP contribution is 2.34. The van der Waals surface area contributed by atoms with Gasteiger partial charge in [-0.1, -0.05) is 6.07 Å². The molecule has 0 radical (unpaired) electrons. The average molecular weight is 240 g/mol. The van der Waals surface area contributed by atoms with Gasteiger partial charge < -0.3 is 4.74 Å². The van der Waals surface area contributed by atoms with Crippen molar-refractivity contribution in [3.05, 3.63) is 35.1 Å². The maximum Gasteiger partial charge on any atom is 0.339 e. The first-order valence-electron chi connectivity index (χ1n) is 5.72. The maximum atomic E-state index is 13.0. The summed E-state index contributed by atoms with van der Waals surface area (Å²) in [4.78, 5) is 11.5. The molecule has 1 aliphatic heterocycles. The van der Waals surface area contributed by atoms with Crippen LogP contribution < -0.4 is 0 Å². The summed E-state index contributed by atoms with van der Waals surface area (Å²) in [6.45, 7) is 1.50. The highest BCUT2D eigenvalue weighted by Gasteiger charge is 2.30. The van der Waals surface area contributed by atoms with Crippen LogP contribution in [0.2, 0.25) is 0 Å². The maximum absolute atomic E-state index is 13.0. The molecular formula is C13H14F2O2. The molecule has 0 saturated carbocycles. The van der Waals surface area contributed by atoms with Crippen molar-refractivity contribution >= 4 is 5.97 Å². The zero-order valence-corrected chi connectivity index (χ0v) is 9.58. The van der Waals surface area contributed by atoms with Crippen LogP contribution in [0.3, 0.4) is 0 Å². The number of esters is 1. The Morgan fingerprint density at radius 1 is 1.47 bits per heavy atom. The van der Waals surface area contributed by atoms with Crippen molar-refractivity contribution in [3.63, 3.8) is 0 Å². The first-order valence-corrected chi connectivity index (χ1v) is 5.72. The summed E-state index contributed by atoms with van der Waals surface area (Å²) in [5.41, 5.74) is 1.01. The number of hydrogen-bond acceptors (Lipinski definition) is 2. The van der Waals surface area contributed by atoms with E-state index in [0.717, 1.165) is 0 Å². The Morgan fingerprint density at radius 3 is 2.94 bits per heavy atom. The number of rotatable bonds is 4. The van der Waals surface area contributed by atoms with Crippen molar-refractivity contribution in [1.29, 1.82) is 0 Å². The van der Waals surface area contributed by atoms with E-state index in [1.807, 2.05) is 0 Å². The molecule has 0 bridgehead atoms. The van der Waals surface area contributed by atoms with Gasteiger partial charge in [0.2, 0.25) is 0 Å². The predicted molar refractivity (Wildman–Crippen MR) is 59.0 cm³/mol. The Balaban J connectivity index is 2.06. The summed E-state index contributed by atoms with van der Waals surface area (Å²) in [5, 5.41) is 0. The lowest BCUT2D eigenvalue weighted by Crippen LogP contribution is -2.00. The minimum absolute atomic E-state index is 0.295. The van der Waals surface area contributed by atoms with Crippen molar-refractivity contribution in [2.24, 2.45) is 0 Å².